The van der Waals surface area contributed by atoms with E-state index in [9.17, 15) is 0 Å². The summed E-state index contributed by atoms with van der Waals surface area (Å²) in [5.74, 6) is 0.529. The molecule has 0 unspecified atom stereocenters. The Bertz CT molecular complexity index is 535. The number of aromatic nitrogens is 2. The lowest BCUT2D eigenvalue weighted by Gasteiger charge is -2.08. The fraction of sp³-hybridized carbons (Fsp3) is 0. The van der Waals surface area contributed by atoms with Crippen molar-refractivity contribution in [3.8, 4) is 0 Å². The van der Waals surface area contributed by atoms with Crippen molar-refractivity contribution >= 4 is 40.3 Å². The van der Waals surface area contributed by atoms with E-state index in [1.54, 1.807) is 24.4 Å². The van der Waals surface area contributed by atoms with Gasteiger partial charge in [0.1, 0.15) is 11.4 Å². The van der Waals surface area contributed by atoms with Crippen LogP contribution in [-0.2, 0) is 0 Å². The highest BCUT2D eigenvalue weighted by Crippen LogP contribution is 2.36. The fourth-order valence-electron chi connectivity index (χ4n) is 1.22. The van der Waals surface area contributed by atoms with Crippen molar-refractivity contribution in [3.05, 3.63) is 24.4 Å². The second kappa shape index (κ2) is 4.71. The summed E-state index contributed by atoms with van der Waals surface area (Å²) in [5, 5.41) is 14.3. The van der Waals surface area contributed by atoms with E-state index in [1.165, 1.54) is 0 Å². The highest BCUT2D eigenvalue weighted by molar-refractivity contribution is 6.26. The summed E-state index contributed by atoms with van der Waals surface area (Å²) in [6, 6.07) is 4.97. The summed E-state index contributed by atoms with van der Waals surface area (Å²) in [4.78, 5) is 2.42. The van der Waals surface area contributed by atoms with Crippen LogP contribution in [0.2, 0.25) is 0 Å². The molecule has 2 rings (SSSR count). The number of nitrogens with two attached hydrogens (primary N) is 2. The molecule has 0 amide bonds. The average Bonchev–Trinajstić information content (AvgIpc) is 2.83. The Hall–Kier alpha value is -2.28. The molecular formula is C9H10ClN7. The van der Waals surface area contributed by atoms with Gasteiger partial charge in [-0.3, -0.25) is 9.93 Å². The van der Waals surface area contributed by atoms with Gasteiger partial charge in [-0.15, -0.1) is 10.2 Å². The first-order chi connectivity index (χ1) is 8.22. The van der Waals surface area contributed by atoms with Crippen molar-refractivity contribution in [1.82, 2.24) is 10.2 Å². The van der Waals surface area contributed by atoms with E-state index < -0.39 is 0 Å². The van der Waals surface area contributed by atoms with Crippen LogP contribution in [0, 0.1) is 0 Å². The molecule has 1 aromatic heterocycles. The number of nitrogens with zero attached hydrogens (tertiary/aromatic N) is 3. The molecule has 1 aromatic carbocycles. The number of anilines is 3. The number of aromatic amines is 1. The Morgan fingerprint density at radius 1 is 1.24 bits per heavy atom. The molecule has 0 radical (unpaired) electrons. The minimum Gasteiger partial charge on any atom is -0.397 e. The maximum Gasteiger partial charge on any atom is 0.170 e. The lowest BCUT2D eigenvalue weighted by molar-refractivity contribution is 1.06. The second-order valence-corrected chi connectivity index (χ2v) is 3.39. The zero-order chi connectivity index (χ0) is 12.3. The van der Waals surface area contributed by atoms with Gasteiger partial charge in [-0.25, -0.2) is 0 Å². The van der Waals surface area contributed by atoms with Gasteiger partial charge in [0.2, 0.25) is 0 Å². The zero-order valence-electron chi connectivity index (χ0n) is 8.68. The first-order valence-electron chi connectivity index (χ1n) is 4.68. The van der Waals surface area contributed by atoms with Gasteiger partial charge in [-0.2, -0.15) is 5.10 Å². The van der Waals surface area contributed by atoms with Crippen molar-refractivity contribution in [3.63, 3.8) is 0 Å². The van der Waals surface area contributed by atoms with Crippen LogP contribution in [-0.4, -0.2) is 10.2 Å². The third-order valence-electron chi connectivity index (χ3n) is 2.10. The Kier molecular flexibility index (Phi) is 3.10. The van der Waals surface area contributed by atoms with Crippen molar-refractivity contribution < 1.29 is 0 Å². The van der Waals surface area contributed by atoms with Crippen LogP contribution in [0.4, 0.5) is 28.6 Å². The van der Waals surface area contributed by atoms with Gasteiger partial charge >= 0.3 is 0 Å². The number of nitrogen functional groups attached to an aromatic ring is 2. The molecule has 1 heterocycles. The molecule has 0 aliphatic rings. The van der Waals surface area contributed by atoms with Gasteiger partial charge in [0.25, 0.3) is 0 Å². The quantitative estimate of drug-likeness (QED) is 0.381. The topological polar surface area (TPSA) is 117 Å². The van der Waals surface area contributed by atoms with E-state index in [4.69, 9.17) is 23.2 Å². The van der Waals surface area contributed by atoms with Crippen LogP contribution in [0.1, 0.15) is 0 Å². The van der Waals surface area contributed by atoms with Gasteiger partial charge in [0.15, 0.2) is 5.82 Å². The molecule has 0 aliphatic carbocycles. The molecule has 0 atom stereocenters. The van der Waals surface area contributed by atoms with Crippen LogP contribution < -0.4 is 16.3 Å². The normalized spacial score (nSPS) is 10.9. The van der Waals surface area contributed by atoms with Crippen molar-refractivity contribution in [2.24, 2.45) is 10.2 Å². The SMILES string of the molecule is Nc1ccc(N=Nc2ccn[nH]2)c(NCl)c1N. The summed E-state index contributed by atoms with van der Waals surface area (Å²) in [5.41, 5.74) is 13.1. The summed E-state index contributed by atoms with van der Waals surface area (Å²) in [7, 11) is 0. The highest BCUT2D eigenvalue weighted by Gasteiger charge is 2.08. The zero-order valence-corrected chi connectivity index (χ0v) is 9.44. The molecule has 0 spiro atoms. The van der Waals surface area contributed by atoms with Crippen LogP contribution in [0.25, 0.3) is 0 Å². The molecule has 6 N–H and O–H groups in total. The van der Waals surface area contributed by atoms with Crippen LogP contribution >= 0.6 is 11.8 Å². The average molecular weight is 252 g/mol. The second-order valence-electron chi connectivity index (χ2n) is 3.20. The largest absolute Gasteiger partial charge is 0.397 e. The number of azo groups is 1. The number of hydrogen-bond acceptors (Lipinski definition) is 6. The Labute approximate surface area is 102 Å². The van der Waals surface area contributed by atoms with Crippen molar-refractivity contribution in [2.75, 3.05) is 16.3 Å². The molecule has 0 aliphatic heterocycles. The van der Waals surface area contributed by atoms with E-state index in [0.29, 0.717) is 28.6 Å². The molecule has 17 heavy (non-hydrogen) atoms. The predicted octanol–water partition coefficient (Wildman–Crippen LogP) is 2.56. The lowest BCUT2D eigenvalue weighted by Crippen LogP contribution is -1.97. The monoisotopic (exact) mass is 251 g/mol. The van der Waals surface area contributed by atoms with E-state index in [1.807, 2.05) is 0 Å². The van der Waals surface area contributed by atoms with Gasteiger partial charge in [0, 0.05) is 17.8 Å². The molecule has 0 bridgehead atoms. The summed E-state index contributed by atoms with van der Waals surface area (Å²) >= 11 is 5.56. The highest BCUT2D eigenvalue weighted by atomic mass is 35.5. The predicted molar refractivity (Wildman–Crippen MR) is 67.5 cm³/mol. The van der Waals surface area contributed by atoms with E-state index in [0.717, 1.165) is 0 Å². The Balaban J connectivity index is 2.36. The van der Waals surface area contributed by atoms with Crippen LogP contribution in [0.15, 0.2) is 34.6 Å². The molecule has 2 aromatic rings. The number of nitrogens with one attached hydrogen (secondary N) is 2. The molecule has 8 heteroatoms. The minimum atomic E-state index is 0.334. The Morgan fingerprint density at radius 2 is 2.06 bits per heavy atom. The molecule has 88 valence electrons. The van der Waals surface area contributed by atoms with Crippen LogP contribution in [0.5, 0.6) is 0 Å². The third kappa shape index (κ3) is 2.28. The molecule has 7 nitrogen and oxygen atoms in total. The standard InChI is InChI=1S/C9H10ClN7/c10-14-9-6(2-1-5(11)8(9)12)15-17-7-3-4-13-16-7/h1-4,14H,11-12H2,(H,13,16). The molecule has 0 saturated carbocycles. The number of hydrogen-bond donors (Lipinski definition) is 4. The number of benzene rings is 1. The lowest BCUT2D eigenvalue weighted by atomic mass is 10.2. The third-order valence-corrected chi connectivity index (χ3v) is 2.29. The number of halogens is 1. The van der Waals surface area contributed by atoms with Crippen molar-refractivity contribution in [1.29, 1.82) is 0 Å². The molecule has 0 fully saturated rings. The minimum absolute atomic E-state index is 0.334. The molecule has 0 saturated heterocycles. The van der Waals surface area contributed by atoms with Crippen molar-refractivity contribution in [2.45, 2.75) is 0 Å². The van der Waals surface area contributed by atoms with E-state index >= 15 is 0 Å². The Morgan fingerprint density at radius 3 is 2.71 bits per heavy atom. The smallest absolute Gasteiger partial charge is 0.170 e. The fourth-order valence-corrected chi connectivity index (χ4v) is 1.42. The van der Waals surface area contributed by atoms with E-state index in [-0.39, 0.29) is 0 Å². The van der Waals surface area contributed by atoms with Gasteiger partial charge in [-0.1, -0.05) is 0 Å². The van der Waals surface area contributed by atoms with Gasteiger partial charge in [-0.05, 0) is 12.1 Å². The summed E-state index contributed by atoms with van der Waals surface area (Å²) in [6.45, 7) is 0. The maximum atomic E-state index is 5.75. The number of rotatable bonds is 3. The van der Waals surface area contributed by atoms with Gasteiger partial charge in [0.05, 0.1) is 17.6 Å². The molecular weight excluding hydrogens is 242 g/mol. The van der Waals surface area contributed by atoms with E-state index in [2.05, 4.69) is 25.3 Å². The maximum absolute atomic E-state index is 5.75. The number of H-pyrrole nitrogens is 1. The van der Waals surface area contributed by atoms with Crippen LogP contribution in [0.3, 0.4) is 0 Å². The first kappa shape index (κ1) is 11.2. The van der Waals surface area contributed by atoms with Gasteiger partial charge < -0.3 is 11.5 Å². The first-order valence-corrected chi connectivity index (χ1v) is 5.06. The summed E-state index contributed by atoms with van der Waals surface area (Å²) < 4.78 is 0. The summed E-state index contributed by atoms with van der Waals surface area (Å²) in [6.07, 6.45) is 1.58.